The summed E-state index contributed by atoms with van der Waals surface area (Å²) in [7, 11) is 0. The molecule has 1 aromatic heterocycles. The Hall–Kier alpha value is -1.78. The van der Waals surface area contributed by atoms with Gasteiger partial charge >= 0.3 is 0 Å². The van der Waals surface area contributed by atoms with Crippen molar-refractivity contribution in [3.8, 4) is 0 Å². The van der Waals surface area contributed by atoms with Crippen LogP contribution in [0, 0.1) is 5.92 Å². The van der Waals surface area contributed by atoms with Crippen molar-refractivity contribution in [2.45, 2.75) is 51.5 Å². The number of carbonyl (C=O) groups is 2. The highest BCUT2D eigenvalue weighted by atomic mass is 16.2. The van der Waals surface area contributed by atoms with Crippen LogP contribution in [0.4, 0.5) is 0 Å². The van der Waals surface area contributed by atoms with Crippen molar-refractivity contribution in [2.75, 3.05) is 6.54 Å². The van der Waals surface area contributed by atoms with E-state index in [1.165, 1.54) is 0 Å². The van der Waals surface area contributed by atoms with E-state index < -0.39 is 0 Å². The van der Waals surface area contributed by atoms with E-state index >= 15 is 0 Å². The second-order valence-electron chi connectivity index (χ2n) is 5.94. The molecule has 5 nitrogen and oxygen atoms in total. The number of aromatic nitrogens is 2. The average molecular weight is 287 g/mol. The number of amides is 1. The van der Waals surface area contributed by atoms with Crippen molar-refractivity contribution >= 4 is 11.7 Å². The normalized spacial score (nSPS) is 24.7. The Bertz CT molecular complexity index is 558. The van der Waals surface area contributed by atoms with E-state index in [9.17, 15) is 9.59 Å². The summed E-state index contributed by atoms with van der Waals surface area (Å²) in [5.74, 6) is 0.322. The van der Waals surface area contributed by atoms with E-state index in [1.807, 2.05) is 18.0 Å². The van der Waals surface area contributed by atoms with Crippen LogP contribution in [-0.2, 0) is 22.4 Å². The first-order chi connectivity index (χ1) is 10.2. The van der Waals surface area contributed by atoms with E-state index in [-0.39, 0.29) is 23.7 Å². The number of ketones is 1. The molecule has 0 spiro atoms. The summed E-state index contributed by atoms with van der Waals surface area (Å²) in [5, 5.41) is 0. The van der Waals surface area contributed by atoms with Crippen LogP contribution in [-0.4, -0.2) is 39.1 Å². The molecular formula is C16H21N3O2. The Balaban J connectivity index is 1.73. The molecule has 1 unspecified atom stereocenters. The van der Waals surface area contributed by atoms with Crippen LogP contribution >= 0.6 is 0 Å². The summed E-state index contributed by atoms with van der Waals surface area (Å²) in [5.41, 5.74) is 2.15. The lowest BCUT2D eigenvalue weighted by Crippen LogP contribution is -2.44. The zero-order chi connectivity index (χ0) is 14.8. The van der Waals surface area contributed by atoms with Gasteiger partial charge in [-0.15, -0.1) is 0 Å². The number of carbonyl (C=O) groups excluding carboxylic acids is 2. The van der Waals surface area contributed by atoms with E-state index in [0.717, 1.165) is 43.5 Å². The number of aryl methyl sites for hydroxylation is 1. The molecule has 2 heterocycles. The first-order valence-corrected chi connectivity index (χ1v) is 7.81. The monoisotopic (exact) mass is 287 g/mol. The predicted molar refractivity (Wildman–Crippen MR) is 77.6 cm³/mol. The molecule has 1 amide bonds. The third-order valence-electron chi connectivity index (χ3n) is 4.68. The maximum atomic E-state index is 12.8. The Labute approximate surface area is 124 Å². The molecule has 1 aliphatic heterocycles. The molecule has 112 valence electrons. The number of Topliss-reactive ketones (excluding diaryl/α,β-unsaturated/α-hetero) is 1. The van der Waals surface area contributed by atoms with Crippen molar-refractivity contribution in [1.82, 2.24) is 14.9 Å². The third-order valence-corrected chi connectivity index (χ3v) is 4.68. The highest BCUT2D eigenvalue weighted by Gasteiger charge is 2.37. The molecule has 21 heavy (non-hydrogen) atoms. The predicted octanol–water partition coefficient (Wildman–Crippen LogP) is 1.55. The van der Waals surface area contributed by atoms with Gasteiger partial charge in [0.25, 0.3) is 0 Å². The van der Waals surface area contributed by atoms with Gasteiger partial charge in [-0.3, -0.25) is 9.59 Å². The summed E-state index contributed by atoms with van der Waals surface area (Å²) in [4.78, 5) is 34.9. The molecule has 1 aliphatic carbocycles. The molecule has 0 N–H and O–H groups in total. The first-order valence-electron chi connectivity index (χ1n) is 7.81. The number of likely N-dealkylation sites (tertiary alicyclic amines) is 1. The fraction of sp³-hybridized carbons (Fsp3) is 0.625. The smallest absolute Gasteiger partial charge is 0.226 e. The van der Waals surface area contributed by atoms with Gasteiger partial charge in [-0.05, 0) is 37.7 Å². The lowest BCUT2D eigenvalue weighted by molar-refractivity contribution is -0.141. The summed E-state index contributed by atoms with van der Waals surface area (Å²) in [6.45, 7) is 2.60. The highest BCUT2D eigenvalue weighted by molar-refractivity contribution is 5.90. The fourth-order valence-electron chi connectivity index (χ4n) is 3.50. The number of rotatable bonds is 3. The van der Waals surface area contributed by atoms with E-state index in [1.54, 1.807) is 6.33 Å². The van der Waals surface area contributed by atoms with Crippen molar-refractivity contribution in [2.24, 2.45) is 5.92 Å². The molecule has 2 aliphatic rings. The molecule has 0 aromatic carbocycles. The lowest BCUT2D eigenvalue weighted by Gasteiger charge is -2.30. The fourth-order valence-corrected chi connectivity index (χ4v) is 3.50. The quantitative estimate of drug-likeness (QED) is 0.846. The Morgan fingerprint density at radius 2 is 2.24 bits per heavy atom. The Kier molecular flexibility index (Phi) is 3.99. The zero-order valence-electron chi connectivity index (χ0n) is 12.4. The standard InChI is InChI=1S/C16H21N3O2/c1-2-15(20)14-4-3-7-19(14)16(21)11-5-6-13-12(8-11)9-17-10-18-13/h9-11,14H,2-8H2,1H3/t11?,14-/m0/s1. The van der Waals surface area contributed by atoms with Crippen molar-refractivity contribution in [3.63, 3.8) is 0 Å². The summed E-state index contributed by atoms with van der Waals surface area (Å²) in [6.07, 6.45) is 8.02. The molecule has 0 radical (unpaired) electrons. The number of fused-ring (bicyclic) bond motifs is 1. The molecule has 2 atom stereocenters. The van der Waals surface area contributed by atoms with Gasteiger partial charge in [0.05, 0.1) is 6.04 Å². The lowest BCUT2D eigenvalue weighted by atomic mass is 9.86. The van der Waals surface area contributed by atoms with Crippen LogP contribution in [0.15, 0.2) is 12.5 Å². The summed E-state index contributed by atoms with van der Waals surface area (Å²) >= 11 is 0. The van der Waals surface area contributed by atoms with Crippen LogP contribution in [0.1, 0.15) is 43.9 Å². The van der Waals surface area contributed by atoms with Crippen LogP contribution in [0.25, 0.3) is 0 Å². The minimum Gasteiger partial charge on any atom is -0.332 e. The van der Waals surface area contributed by atoms with Crippen LogP contribution in [0.5, 0.6) is 0 Å². The SMILES string of the molecule is CCC(=O)[C@@H]1CCCN1C(=O)C1CCc2ncncc2C1. The van der Waals surface area contributed by atoms with Crippen LogP contribution in [0.3, 0.4) is 0 Å². The van der Waals surface area contributed by atoms with Gasteiger partial charge in [-0.1, -0.05) is 6.92 Å². The summed E-state index contributed by atoms with van der Waals surface area (Å²) in [6, 6.07) is -0.184. The van der Waals surface area contributed by atoms with Crippen molar-refractivity contribution in [1.29, 1.82) is 0 Å². The molecule has 1 fully saturated rings. The number of hydrogen-bond acceptors (Lipinski definition) is 4. The minimum atomic E-state index is -0.184. The van der Waals surface area contributed by atoms with Crippen LogP contribution < -0.4 is 0 Å². The molecule has 1 saturated heterocycles. The van der Waals surface area contributed by atoms with Gasteiger partial charge in [-0.2, -0.15) is 0 Å². The maximum absolute atomic E-state index is 12.8. The highest BCUT2D eigenvalue weighted by Crippen LogP contribution is 2.28. The maximum Gasteiger partial charge on any atom is 0.226 e. The number of hydrogen-bond donors (Lipinski definition) is 0. The second kappa shape index (κ2) is 5.92. The van der Waals surface area contributed by atoms with Gasteiger partial charge in [0.1, 0.15) is 6.33 Å². The Morgan fingerprint density at radius 3 is 3.05 bits per heavy atom. The van der Waals surface area contributed by atoms with Crippen LogP contribution in [0.2, 0.25) is 0 Å². The largest absolute Gasteiger partial charge is 0.332 e. The average Bonchev–Trinajstić information content (AvgIpc) is 3.02. The topological polar surface area (TPSA) is 63.2 Å². The van der Waals surface area contributed by atoms with Crippen molar-refractivity contribution < 1.29 is 9.59 Å². The van der Waals surface area contributed by atoms with Gasteiger partial charge in [0, 0.05) is 30.8 Å². The first kappa shape index (κ1) is 14.2. The van der Waals surface area contributed by atoms with E-state index in [0.29, 0.717) is 12.8 Å². The molecule has 5 heteroatoms. The Morgan fingerprint density at radius 1 is 1.38 bits per heavy atom. The molecule has 3 rings (SSSR count). The minimum absolute atomic E-state index is 0.0197. The van der Waals surface area contributed by atoms with Gasteiger partial charge < -0.3 is 4.90 Å². The molecule has 0 saturated carbocycles. The molecule has 1 aromatic rings. The van der Waals surface area contributed by atoms with Gasteiger partial charge in [-0.25, -0.2) is 9.97 Å². The van der Waals surface area contributed by atoms with E-state index in [2.05, 4.69) is 9.97 Å². The molecular weight excluding hydrogens is 266 g/mol. The van der Waals surface area contributed by atoms with Gasteiger partial charge in [0.2, 0.25) is 5.91 Å². The summed E-state index contributed by atoms with van der Waals surface area (Å²) < 4.78 is 0. The zero-order valence-corrected chi connectivity index (χ0v) is 12.4. The second-order valence-corrected chi connectivity index (χ2v) is 5.94. The van der Waals surface area contributed by atoms with Crippen molar-refractivity contribution in [3.05, 3.63) is 23.8 Å². The third kappa shape index (κ3) is 2.69. The van der Waals surface area contributed by atoms with Gasteiger partial charge in [0.15, 0.2) is 5.78 Å². The van der Waals surface area contributed by atoms with E-state index in [4.69, 9.17) is 0 Å². The molecule has 0 bridgehead atoms. The number of nitrogens with zero attached hydrogens (tertiary/aromatic N) is 3.